The molecule has 0 unspecified atom stereocenters. The highest BCUT2D eigenvalue weighted by Gasteiger charge is 2.40. The molecule has 2 aromatic rings. The van der Waals surface area contributed by atoms with Crippen LogP contribution in [0.5, 0.6) is 11.5 Å². The average molecular weight is 327 g/mol. The Bertz CT molecular complexity index is 736. The molecule has 5 nitrogen and oxygen atoms in total. The lowest BCUT2D eigenvalue weighted by Gasteiger charge is -2.38. The number of fused-ring (bicyclic) bond motifs is 1. The lowest BCUT2D eigenvalue weighted by molar-refractivity contribution is 0.152. The molecule has 0 N–H and O–H groups in total. The summed E-state index contributed by atoms with van der Waals surface area (Å²) in [6.07, 6.45) is 5.57. The highest BCUT2D eigenvalue weighted by Crippen LogP contribution is 2.49. The Kier molecular flexibility index (Phi) is 3.96. The SMILES string of the molecule is COc1cc2c(cc1OC)[C@H](C1CC1)N(Cc1ccnn1C)CC2. The van der Waals surface area contributed by atoms with Crippen LogP contribution in [-0.4, -0.2) is 35.4 Å². The fourth-order valence-electron chi connectivity index (χ4n) is 3.93. The molecule has 4 rings (SSSR count). The molecule has 1 atom stereocenters. The van der Waals surface area contributed by atoms with Gasteiger partial charge >= 0.3 is 0 Å². The molecule has 1 aliphatic heterocycles. The van der Waals surface area contributed by atoms with Crippen molar-refractivity contribution < 1.29 is 9.47 Å². The van der Waals surface area contributed by atoms with Crippen LogP contribution in [0.15, 0.2) is 24.4 Å². The molecule has 5 heteroatoms. The first kappa shape index (κ1) is 15.5. The van der Waals surface area contributed by atoms with Crippen LogP contribution < -0.4 is 9.47 Å². The van der Waals surface area contributed by atoms with Gasteiger partial charge in [0.05, 0.1) is 19.9 Å². The van der Waals surface area contributed by atoms with Crippen molar-refractivity contribution in [2.24, 2.45) is 13.0 Å². The van der Waals surface area contributed by atoms with E-state index in [0.717, 1.165) is 36.9 Å². The van der Waals surface area contributed by atoms with Crippen LogP contribution >= 0.6 is 0 Å². The van der Waals surface area contributed by atoms with Gasteiger partial charge in [0.15, 0.2) is 11.5 Å². The summed E-state index contributed by atoms with van der Waals surface area (Å²) < 4.78 is 13.0. The van der Waals surface area contributed by atoms with Crippen LogP contribution in [0, 0.1) is 5.92 Å². The van der Waals surface area contributed by atoms with Crippen LogP contribution in [0.4, 0.5) is 0 Å². The zero-order valence-corrected chi connectivity index (χ0v) is 14.7. The molecule has 1 fully saturated rings. The summed E-state index contributed by atoms with van der Waals surface area (Å²) in [4.78, 5) is 2.61. The van der Waals surface area contributed by atoms with Gasteiger partial charge in [-0.05, 0) is 54.5 Å². The van der Waals surface area contributed by atoms with Gasteiger partial charge in [0.1, 0.15) is 0 Å². The Hall–Kier alpha value is -2.01. The van der Waals surface area contributed by atoms with Crippen molar-refractivity contribution in [1.82, 2.24) is 14.7 Å². The minimum Gasteiger partial charge on any atom is -0.493 e. The molecule has 1 aliphatic carbocycles. The third-order valence-electron chi connectivity index (χ3n) is 5.38. The Morgan fingerprint density at radius 3 is 2.54 bits per heavy atom. The van der Waals surface area contributed by atoms with Crippen molar-refractivity contribution in [1.29, 1.82) is 0 Å². The molecule has 0 spiro atoms. The molecule has 0 bridgehead atoms. The number of benzene rings is 1. The van der Waals surface area contributed by atoms with Crippen molar-refractivity contribution in [2.75, 3.05) is 20.8 Å². The molecule has 1 saturated carbocycles. The Morgan fingerprint density at radius 2 is 1.92 bits per heavy atom. The first-order chi connectivity index (χ1) is 11.7. The Labute approximate surface area is 143 Å². The fraction of sp³-hybridized carbons (Fsp3) is 0.526. The van der Waals surface area contributed by atoms with Gasteiger partial charge in [-0.15, -0.1) is 0 Å². The minimum atomic E-state index is 0.475. The van der Waals surface area contributed by atoms with E-state index in [2.05, 4.69) is 28.2 Å². The molecule has 1 aromatic carbocycles. The molecular formula is C19H25N3O2. The zero-order valence-electron chi connectivity index (χ0n) is 14.7. The van der Waals surface area contributed by atoms with Gasteiger partial charge in [-0.1, -0.05) is 0 Å². The third kappa shape index (κ3) is 2.67. The highest BCUT2D eigenvalue weighted by molar-refractivity contribution is 5.50. The van der Waals surface area contributed by atoms with Crippen molar-refractivity contribution >= 4 is 0 Å². The van der Waals surface area contributed by atoms with E-state index < -0.39 is 0 Å². The van der Waals surface area contributed by atoms with E-state index in [1.165, 1.54) is 29.7 Å². The van der Waals surface area contributed by atoms with E-state index in [0.29, 0.717) is 6.04 Å². The summed E-state index contributed by atoms with van der Waals surface area (Å²) in [5.74, 6) is 2.44. The van der Waals surface area contributed by atoms with Gasteiger partial charge in [0.2, 0.25) is 0 Å². The van der Waals surface area contributed by atoms with Crippen LogP contribution in [0.1, 0.15) is 35.7 Å². The molecule has 128 valence electrons. The van der Waals surface area contributed by atoms with E-state index in [9.17, 15) is 0 Å². The lowest BCUT2D eigenvalue weighted by Crippen LogP contribution is -2.36. The second kappa shape index (κ2) is 6.13. The first-order valence-electron chi connectivity index (χ1n) is 8.67. The summed E-state index contributed by atoms with van der Waals surface area (Å²) in [6.45, 7) is 2.03. The van der Waals surface area contributed by atoms with E-state index in [1.807, 2.05) is 17.9 Å². The number of aromatic nitrogens is 2. The normalized spacial score (nSPS) is 20.7. The molecule has 24 heavy (non-hydrogen) atoms. The highest BCUT2D eigenvalue weighted by atomic mass is 16.5. The van der Waals surface area contributed by atoms with E-state index >= 15 is 0 Å². The molecule has 2 heterocycles. The number of hydrogen-bond donors (Lipinski definition) is 0. The van der Waals surface area contributed by atoms with Gasteiger partial charge in [0, 0.05) is 32.4 Å². The fourth-order valence-corrected chi connectivity index (χ4v) is 3.93. The minimum absolute atomic E-state index is 0.475. The second-order valence-corrected chi connectivity index (χ2v) is 6.85. The van der Waals surface area contributed by atoms with E-state index in [4.69, 9.17) is 9.47 Å². The van der Waals surface area contributed by atoms with E-state index in [1.54, 1.807) is 14.2 Å². The average Bonchev–Trinajstić information content (AvgIpc) is 3.36. The predicted octanol–water partition coefficient (Wildman–Crippen LogP) is 2.95. The van der Waals surface area contributed by atoms with Gasteiger partial charge in [-0.3, -0.25) is 9.58 Å². The third-order valence-corrected chi connectivity index (χ3v) is 5.38. The monoisotopic (exact) mass is 327 g/mol. The van der Waals surface area contributed by atoms with Crippen molar-refractivity contribution in [3.8, 4) is 11.5 Å². The van der Waals surface area contributed by atoms with Gasteiger partial charge in [0.25, 0.3) is 0 Å². The molecule has 0 amide bonds. The smallest absolute Gasteiger partial charge is 0.161 e. The van der Waals surface area contributed by atoms with E-state index in [-0.39, 0.29) is 0 Å². The quantitative estimate of drug-likeness (QED) is 0.846. The van der Waals surface area contributed by atoms with Gasteiger partial charge in [-0.2, -0.15) is 5.10 Å². The summed E-state index contributed by atoms with van der Waals surface area (Å²) in [7, 11) is 5.44. The van der Waals surface area contributed by atoms with Crippen molar-refractivity contribution in [3.05, 3.63) is 41.2 Å². The maximum atomic E-state index is 5.55. The Morgan fingerprint density at radius 1 is 1.17 bits per heavy atom. The van der Waals surface area contributed by atoms with Crippen molar-refractivity contribution in [2.45, 2.75) is 31.8 Å². The largest absolute Gasteiger partial charge is 0.493 e. The molecule has 2 aliphatic rings. The zero-order chi connectivity index (χ0) is 16.7. The summed E-state index contributed by atoms with van der Waals surface area (Å²) >= 11 is 0. The van der Waals surface area contributed by atoms with Crippen LogP contribution in [-0.2, 0) is 20.0 Å². The number of aryl methyl sites for hydroxylation is 1. The molecule has 0 radical (unpaired) electrons. The lowest BCUT2D eigenvalue weighted by atomic mass is 9.89. The number of methoxy groups -OCH3 is 2. The predicted molar refractivity (Wildman–Crippen MR) is 92.3 cm³/mol. The van der Waals surface area contributed by atoms with Gasteiger partial charge in [-0.25, -0.2) is 0 Å². The summed E-state index contributed by atoms with van der Waals surface area (Å²) in [5.41, 5.74) is 4.10. The summed E-state index contributed by atoms with van der Waals surface area (Å²) in [6, 6.07) is 6.97. The summed E-state index contributed by atoms with van der Waals surface area (Å²) in [5, 5.41) is 4.32. The number of ether oxygens (including phenoxy) is 2. The van der Waals surface area contributed by atoms with Crippen LogP contribution in [0.3, 0.4) is 0 Å². The molecule has 0 saturated heterocycles. The standard InChI is InChI=1S/C19H25N3O2/c1-21-15(6-8-20-21)12-22-9-7-14-10-17(23-2)18(24-3)11-16(14)19(22)13-4-5-13/h6,8,10-11,13,19H,4-5,7,9,12H2,1-3H3/t19-/m0/s1. The molecule has 1 aromatic heterocycles. The second-order valence-electron chi connectivity index (χ2n) is 6.85. The van der Waals surface area contributed by atoms with Crippen molar-refractivity contribution in [3.63, 3.8) is 0 Å². The Balaban J connectivity index is 1.69. The first-order valence-corrected chi connectivity index (χ1v) is 8.67. The number of hydrogen-bond acceptors (Lipinski definition) is 4. The maximum Gasteiger partial charge on any atom is 0.161 e. The van der Waals surface area contributed by atoms with Crippen LogP contribution in [0.2, 0.25) is 0 Å². The number of rotatable bonds is 5. The maximum absolute atomic E-state index is 5.55. The van der Waals surface area contributed by atoms with Crippen LogP contribution in [0.25, 0.3) is 0 Å². The molecular weight excluding hydrogens is 302 g/mol. The topological polar surface area (TPSA) is 39.5 Å². The number of nitrogens with zero attached hydrogens (tertiary/aromatic N) is 3. The van der Waals surface area contributed by atoms with Gasteiger partial charge < -0.3 is 9.47 Å².